The molecular weight excluding hydrogens is 396 g/mol. The highest BCUT2D eigenvalue weighted by molar-refractivity contribution is 7.93. The highest BCUT2D eigenvalue weighted by Gasteiger charge is 2.28. The van der Waals surface area contributed by atoms with Crippen molar-refractivity contribution in [3.05, 3.63) is 96.0 Å². The van der Waals surface area contributed by atoms with E-state index in [0.29, 0.717) is 11.3 Å². The van der Waals surface area contributed by atoms with E-state index >= 15 is 0 Å². The second-order valence-corrected chi connectivity index (χ2v) is 9.07. The van der Waals surface area contributed by atoms with E-state index in [1.807, 2.05) is 56.3 Å². The van der Waals surface area contributed by atoms with Crippen LogP contribution in [0.5, 0.6) is 0 Å². The lowest BCUT2D eigenvalue weighted by atomic mass is 10.1. The first-order valence-corrected chi connectivity index (χ1v) is 10.9. The van der Waals surface area contributed by atoms with Gasteiger partial charge in [-0.2, -0.15) is 0 Å². The van der Waals surface area contributed by atoms with Crippen LogP contribution in [0.2, 0.25) is 0 Å². The minimum Gasteiger partial charge on any atom is -0.288 e. The SMILES string of the molecule is C=Cc1ccc(CN(c2cc(C)cc(C)c2)S(=O)(=O)c2cccn3cnnc23)cc1. The lowest BCUT2D eigenvalue weighted by molar-refractivity contribution is 0.590. The molecule has 0 unspecified atom stereocenters. The summed E-state index contributed by atoms with van der Waals surface area (Å²) in [5.41, 5.74) is 4.75. The van der Waals surface area contributed by atoms with Crippen LogP contribution in [0.15, 0.2) is 78.6 Å². The molecular formula is C23H22N4O2S. The van der Waals surface area contributed by atoms with Gasteiger partial charge in [0.25, 0.3) is 10.0 Å². The quantitative estimate of drug-likeness (QED) is 0.466. The minimum absolute atomic E-state index is 0.115. The predicted molar refractivity (Wildman–Crippen MR) is 119 cm³/mol. The van der Waals surface area contributed by atoms with Gasteiger partial charge in [0, 0.05) is 6.20 Å². The number of hydrogen-bond donors (Lipinski definition) is 0. The standard InChI is InChI=1S/C23H22N4O2S/c1-4-19-7-9-20(10-8-19)15-27(21-13-17(2)12-18(3)14-21)30(28,29)22-6-5-11-26-16-24-25-23(22)26/h4-14,16H,1,15H2,2-3H3. The smallest absolute Gasteiger partial charge is 0.268 e. The Kier molecular flexibility index (Phi) is 5.13. The molecule has 30 heavy (non-hydrogen) atoms. The third kappa shape index (κ3) is 3.71. The molecule has 0 fully saturated rings. The Balaban J connectivity index is 1.87. The first kappa shape index (κ1) is 19.8. The number of benzene rings is 2. The van der Waals surface area contributed by atoms with E-state index in [4.69, 9.17) is 0 Å². The second kappa shape index (κ2) is 7.76. The molecule has 0 aliphatic carbocycles. The van der Waals surface area contributed by atoms with Gasteiger partial charge in [-0.15, -0.1) is 10.2 Å². The maximum absolute atomic E-state index is 13.8. The maximum Gasteiger partial charge on any atom is 0.268 e. The summed E-state index contributed by atoms with van der Waals surface area (Å²) in [5, 5.41) is 7.88. The molecule has 0 spiro atoms. The summed E-state index contributed by atoms with van der Waals surface area (Å²) in [6.45, 7) is 7.88. The van der Waals surface area contributed by atoms with Gasteiger partial charge in [-0.3, -0.25) is 8.71 Å². The number of nitrogens with zero attached hydrogens (tertiary/aromatic N) is 4. The molecule has 0 radical (unpaired) electrons. The number of hydrogen-bond acceptors (Lipinski definition) is 4. The molecule has 0 N–H and O–H groups in total. The van der Waals surface area contributed by atoms with Crippen LogP contribution in [0.1, 0.15) is 22.3 Å². The molecule has 2 aromatic carbocycles. The van der Waals surface area contributed by atoms with E-state index in [1.54, 1.807) is 28.8 Å². The van der Waals surface area contributed by atoms with Crippen LogP contribution in [0, 0.1) is 13.8 Å². The van der Waals surface area contributed by atoms with Crippen LogP contribution < -0.4 is 4.31 Å². The van der Waals surface area contributed by atoms with E-state index < -0.39 is 10.0 Å². The third-order valence-corrected chi connectivity index (χ3v) is 6.69. The molecule has 6 nitrogen and oxygen atoms in total. The number of rotatable bonds is 6. The molecule has 0 saturated heterocycles. The van der Waals surface area contributed by atoms with E-state index in [2.05, 4.69) is 16.8 Å². The fraction of sp³-hybridized carbons (Fsp3) is 0.130. The number of sulfonamides is 1. The largest absolute Gasteiger partial charge is 0.288 e. The Morgan fingerprint density at radius 2 is 1.77 bits per heavy atom. The van der Waals surface area contributed by atoms with Crippen LogP contribution in [0.4, 0.5) is 5.69 Å². The van der Waals surface area contributed by atoms with Crippen molar-refractivity contribution in [3.8, 4) is 0 Å². The number of fused-ring (bicyclic) bond motifs is 1. The Morgan fingerprint density at radius 1 is 1.07 bits per heavy atom. The topological polar surface area (TPSA) is 67.6 Å². The van der Waals surface area contributed by atoms with Crippen LogP contribution in [0.3, 0.4) is 0 Å². The van der Waals surface area contributed by atoms with Gasteiger partial charge in [-0.1, -0.05) is 43.0 Å². The van der Waals surface area contributed by atoms with Gasteiger partial charge in [0.05, 0.1) is 12.2 Å². The van der Waals surface area contributed by atoms with Gasteiger partial charge in [-0.05, 0) is 60.4 Å². The van der Waals surface area contributed by atoms with Crippen molar-refractivity contribution in [1.82, 2.24) is 14.6 Å². The number of aromatic nitrogens is 3. The lowest BCUT2D eigenvalue weighted by Gasteiger charge is -2.25. The van der Waals surface area contributed by atoms with Gasteiger partial charge in [0.15, 0.2) is 5.65 Å². The molecule has 7 heteroatoms. The summed E-state index contributed by atoms with van der Waals surface area (Å²) in [6, 6.07) is 16.7. The molecule has 4 aromatic rings. The number of anilines is 1. The monoisotopic (exact) mass is 418 g/mol. The highest BCUT2D eigenvalue weighted by atomic mass is 32.2. The first-order chi connectivity index (χ1) is 14.4. The van der Waals surface area contributed by atoms with Crippen molar-refractivity contribution in [3.63, 3.8) is 0 Å². The van der Waals surface area contributed by atoms with Gasteiger partial charge >= 0.3 is 0 Å². The first-order valence-electron chi connectivity index (χ1n) is 9.49. The van der Waals surface area contributed by atoms with E-state index in [0.717, 1.165) is 22.3 Å². The van der Waals surface area contributed by atoms with Crippen molar-refractivity contribution >= 4 is 27.4 Å². The zero-order valence-electron chi connectivity index (χ0n) is 16.9. The van der Waals surface area contributed by atoms with Gasteiger partial charge in [0.2, 0.25) is 0 Å². The molecule has 0 bridgehead atoms. The summed E-state index contributed by atoms with van der Waals surface area (Å²) in [5.74, 6) is 0. The summed E-state index contributed by atoms with van der Waals surface area (Å²) < 4.78 is 30.7. The van der Waals surface area contributed by atoms with Crippen LogP contribution in [0.25, 0.3) is 11.7 Å². The van der Waals surface area contributed by atoms with Crippen molar-refractivity contribution in [1.29, 1.82) is 0 Å². The predicted octanol–water partition coefficient (Wildman–Crippen LogP) is 4.38. The fourth-order valence-electron chi connectivity index (χ4n) is 3.48. The van der Waals surface area contributed by atoms with Gasteiger partial charge < -0.3 is 0 Å². The van der Waals surface area contributed by atoms with E-state index in [-0.39, 0.29) is 11.4 Å². The number of aryl methyl sites for hydroxylation is 2. The Morgan fingerprint density at radius 3 is 2.43 bits per heavy atom. The Bertz CT molecular complexity index is 1300. The normalized spacial score (nSPS) is 11.5. The van der Waals surface area contributed by atoms with Crippen LogP contribution >= 0.6 is 0 Å². The Labute approximate surface area is 176 Å². The average molecular weight is 419 g/mol. The molecule has 0 aliphatic rings. The minimum atomic E-state index is -3.91. The molecule has 4 rings (SSSR count). The third-order valence-electron chi connectivity index (χ3n) is 4.89. The maximum atomic E-state index is 13.8. The summed E-state index contributed by atoms with van der Waals surface area (Å²) in [6.07, 6.45) is 4.97. The molecule has 0 saturated carbocycles. The molecule has 0 amide bonds. The van der Waals surface area contributed by atoms with Crippen molar-refractivity contribution in [2.75, 3.05) is 4.31 Å². The second-order valence-electron chi connectivity index (χ2n) is 7.24. The summed E-state index contributed by atoms with van der Waals surface area (Å²) >= 11 is 0. The highest BCUT2D eigenvalue weighted by Crippen LogP contribution is 2.29. The van der Waals surface area contributed by atoms with Crippen molar-refractivity contribution in [2.24, 2.45) is 0 Å². The Hall–Kier alpha value is -3.45. The molecule has 2 aromatic heterocycles. The summed E-state index contributed by atoms with van der Waals surface area (Å²) in [4.78, 5) is 0.115. The van der Waals surface area contributed by atoms with E-state index in [9.17, 15) is 8.42 Å². The zero-order chi connectivity index (χ0) is 21.3. The van der Waals surface area contributed by atoms with Gasteiger partial charge in [-0.25, -0.2) is 8.42 Å². The average Bonchev–Trinajstić information content (AvgIpc) is 3.20. The van der Waals surface area contributed by atoms with Crippen LogP contribution in [-0.4, -0.2) is 23.0 Å². The van der Waals surface area contributed by atoms with Crippen LogP contribution in [-0.2, 0) is 16.6 Å². The molecule has 0 aliphatic heterocycles. The molecule has 152 valence electrons. The zero-order valence-corrected chi connectivity index (χ0v) is 17.7. The molecule has 0 atom stereocenters. The lowest BCUT2D eigenvalue weighted by Crippen LogP contribution is -2.31. The fourth-order valence-corrected chi connectivity index (χ4v) is 5.05. The van der Waals surface area contributed by atoms with Crippen molar-refractivity contribution < 1.29 is 8.42 Å². The summed E-state index contributed by atoms with van der Waals surface area (Å²) in [7, 11) is -3.91. The number of pyridine rings is 1. The molecule has 2 heterocycles. The van der Waals surface area contributed by atoms with E-state index in [1.165, 1.54) is 10.6 Å². The van der Waals surface area contributed by atoms with Gasteiger partial charge in [0.1, 0.15) is 11.2 Å². The van der Waals surface area contributed by atoms with Crippen molar-refractivity contribution in [2.45, 2.75) is 25.3 Å².